The molecule has 0 atom stereocenters. The minimum atomic E-state index is -0.583. The number of hydrogen-bond donors (Lipinski definition) is 0. The molecule has 2 aliphatic rings. The number of likely N-dealkylation sites (tertiary alicyclic amines) is 1. The van der Waals surface area contributed by atoms with Crippen molar-refractivity contribution >= 4 is 33.9 Å². The van der Waals surface area contributed by atoms with Gasteiger partial charge in [-0.2, -0.15) is 5.26 Å². The molecule has 0 amide bonds. The second-order valence-corrected chi connectivity index (χ2v) is 10.7. The van der Waals surface area contributed by atoms with Gasteiger partial charge in [0.15, 0.2) is 5.43 Å². The van der Waals surface area contributed by atoms with Gasteiger partial charge in [0.25, 0.3) is 0 Å². The molecular weight excluding hydrogens is 532 g/mol. The highest BCUT2D eigenvalue weighted by Crippen LogP contribution is 2.37. The minimum absolute atomic E-state index is 0.0834. The van der Waals surface area contributed by atoms with Gasteiger partial charge in [-0.3, -0.25) is 9.69 Å². The van der Waals surface area contributed by atoms with Gasteiger partial charge < -0.3 is 14.4 Å². The van der Waals surface area contributed by atoms with Crippen LogP contribution < -0.4 is 15.2 Å². The highest BCUT2D eigenvalue weighted by atomic mass is 35.5. The third-order valence-electron chi connectivity index (χ3n) is 7.88. The Bertz CT molecular complexity index is 1670. The Morgan fingerprint density at radius 2 is 1.55 bits per heavy atom. The lowest BCUT2D eigenvalue weighted by atomic mass is 10.1. The van der Waals surface area contributed by atoms with Crippen LogP contribution >= 0.6 is 11.6 Å². The van der Waals surface area contributed by atoms with Gasteiger partial charge in [-0.1, -0.05) is 17.7 Å². The summed E-state index contributed by atoms with van der Waals surface area (Å²) in [6.45, 7) is 4.95. The van der Waals surface area contributed by atoms with Gasteiger partial charge in [0.2, 0.25) is 0 Å². The van der Waals surface area contributed by atoms with Crippen molar-refractivity contribution in [2.75, 3.05) is 49.1 Å². The number of rotatable bonds is 5. The first-order valence-corrected chi connectivity index (χ1v) is 13.9. The Hall–Kier alpha value is -3.93. The molecular formula is C31H28ClF2N5O. The van der Waals surface area contributed by atoms with E-state index in [1.807, 2.05) is 23.1 Å². The molecule has 9 heteroatoms. The maximum atomic E-state index is 15.5. The predicted octanol–water partition coefficient (Wildman–Crippen LogP) is 5.72. The lowest BCUT2D eigenvalue weighted by Gasteiger charge is -2.38. The normalized spacial score (nSPS) is 16.1. The predicted molar refractivity (Wildman–Crippen MR) is 155 cm³/mol. The minimum Gasteiger partial charge on any atom is -0.368 e. The van der Waals surface area contributed by atoms with E-state index in [-0.39, 0.29) is 32.7 Å². The Labute approximate surface area is 236 Å². The van der Waals surface area contributed by atoms with Crippen LogP contribution in [0.5, 0.6) is 0 Å². The number of aromatic nitrogens is 1. The average molecular weight is 560 g/mol. The van der Waals surface area contributed by atoms with Crippen molar-refractivity contribution in [3.05, 3.63) is 98.8 Å². The summed E-state index contributed by atoms with van der Waals surface area (Å²) in [5, 5.41) is 9.24. The summed E-state index contributed by atoms with van der Waals surface area (Å²) in [4.78, 5) is 19.1. The van der Waals surface area contributed by atoms with Crippen molar-refractivity contribution in [3.63, 3.8) is 0 Å². The van der Waals surface area contributed by atoms with Gasteiger partial charge in [-0.15, -0.1) is 0 Å². The number of anilines is 2. The number of pyridine rings is 1. The molecule has 0 bridgehead atoms. The van der Waals surface area contributed by atoms with Crippen molar-refractivity contribution in [1.29, 1.82) is 5.26 Å². The smallest absolute Gasteiger partial charge is 0.189 e. The van der Waals surface area contributed by atoms with Gasteiger partial charge in [0, 0.05) is 50.7 Å². The molecule has 2 aliphatic heterocycles. The van der Waals surface area contributed by atoms with Crippen LogP contribution in [-0.2, 0) is 6.54 Å². The molecule has 0 saturated carbocycles. The molecule has 6 rings (SSSR count). The van der Waals surface area contributed by atoms with Gasteiger partial charge in [0.05, 0.1) is 38.9 Å². The summed E-state index contributed by atoms with van der Waals surface area (Å²) in [7, 11) is 0. The fourth-order valence-electron chi connectivity index (χ4n) is 5.80. The fourth-order valence-corrected chi connectivity index (χ4v) is 6.20. The molecule has 2 fully saturated rings. The second-order valence-electron chi connectivity index (χ2n) is 10.4. The van der Waals surface area contributed by atoms with E-state index in [4.69, 9.17) is 16.9 Å². The summed E-state index contributed by atoms with van der Waals surface area (Å²) in [6, 6.07) is 17.1. The quantitative estimate of drug-likeness (QED) is 0.313. The van der Waals surface area contributed by atoms with Crippen LogP contribution in [0.1, 0.15) is 24.0 Å². The molecule has 0 N–H and O–H groups in total. The number of halogens is 3. The number of nitrogens with zero attached hydrogens (tertiary/aromatic N) is 5. The molecule has 0 aliphatic carbocycles. The third kappa shape index (κ3) is 4.91. The van der Waals surface area contributed by atoms with Crippen LogP contribution in [0.25, 0.3) is 16.6 Å². The van der Waals surface area contributed by atoms with Crippen LogP contribution in [0.4, 0.5) is 20.2 Å². The monoisotopic (exact) mass is 559 g/mol. The molecule has 3 heterocycles. The summed E-state index contributed by atoms with van der Waals surface area (Å²) >= 11 is 6.88. The van der Waals surface area contributed by atoms with Crippen LogP contribution in [0, 0.1) is 23.0 Å². The van der Waals surface area contributed by atoms with Crippen molar-refractivity contribution < 1.29 is 8.78 Å². The van der Waals surface area contributed by atoms with Crippen LogP contribution in [0.15, 0.2) is 65.6 Å². The standard InChI is InChI=1S/C31H28ClF2N5O/c32-29-30-24(18-26(34)31(29)38-15-13-37(14-16-38)23-6-3-21(19-35)4-7-23)28(40)9-12-39(30)27-8-5-22(17-25(27)33)20-36-10-1-2-11-36/h3-9,12,17-18H,1-2,10-11,13-16,20H2. The summed E-state index contributed by atoms with van der Waals surface area (Å²) in [5.41, 5.74) is 2.82. The zero-order valence-electron chi connectivity index (χ0n) is 21.9. The van der Waals surface area contributed by atoms with Crippen LogP contribution in [0.3, 0.4) is 0 Å². The molecule has 3 aromatic carbocycles. The number of fused-ring (bicyclic) bond motifs is 1. The Morgan fingerprint density at radius 3 is 2.23 bits per heavy atom. The number of hydrogen-bond acceptors (Lipinski definition) is 5. The van der Waals surface area contributed by atoms with Gasteiger partial charge >= 0.3 is 0 Å². The van der Waals surface area contributed by atoms with Crippen molar-refractivity contribution in [3.8, 4) is 11.8 Å². The topological polar surface area (TPSA) is 55.5 Å². The molecule has 6 nitrogen and oxygen atoms in total. The first-order chi connectivity index (χ1) is 19.4. The summed E-state index contributed by atoms with van der Waals surface area (Å²) < 4.78 is 32.5. The van der Waals surface area contributed by atoms with E-state index < -0.39 is 11.6 Å². The number of piperazine rings is 1. The Kier molecular flexibility index (Phi) is 7.18. The van der Waals surface area contributed by atoms with E-state index in [0.717, 1.165) is 37.2 Å². The first-order valence-electron chi connectivity index (χ1n) is 13.5. The molecule has 204 valence electrons. The van der Waals surface area contributed by atoms with Crippen molar-refractivity contribution in [1.82, 2.24) is 9.47 Å². The molecule has 0 radical (unpaired) electrons. The van der Waals surface area contributed by atoms with E-state index in [1.54, 1.807) is 22.8 Å². The average Bonchev–Trinajstić information content (AvgIpc) is 3.47. The van der Waals surface area contributed by atoms with Gasteiger partial charge in [-0.25, -0.2) is 8.78 Å². The summed E-state index contributed by atoms with van der Waals surface area (Å²) in [5.74, 6) is -1.01. The molecule has 0 unspecified atom stereocenters. The zero-order chi connectivity index (χ0) is 27.8. The lowest BCUT2D eigenvalue weighted by molar-refractivity contribution is 0.331. The third-order valence-corrected chi connectivity index (χ3v) is 8.24. The molecule has 0 spiro atoms. The van der Waals surface area contributed by atoms with E-state index >= 15 is 8.78 Å². The van der Waals surface area contributed by atoms with E-state index in [0.29, 0.717) is 38.3 Å². The SMILES string of the molecule is N#Cc1ccc(N2CCN(c3c(F)cc4c(=O)ccn(-c5ccc(CN6CCCC6)cc5F)c4c3Cl)CC2)cc1. The number of nitriles is 1. The number of benzene rings is 3. The lowest BCUT2D eigenvalue weighted by Crippen LogP contribution is -2.47. The molecule has 4 aromatic rings. The maximum Gasteiger partial charge on any atom is 0.189 e. The Balaban J connectivity index is 1.33. The first kappa shape index (κ1) is 26.3. The fraction of sp³-hybridized carbons (Fsp3) is 0.290. The molecule has 1 aromatic heterocycles. The van der Waals surface area contributed by atoms with E-state index in [1.165, 1.54) is 24.4 Å². The van der Waals surface area contributed by atoms with Crippen molar-refractivity contribution in [2.24, 2.45) is 0 Å². The van der Waals surface area contributed by atoms with Crippen LogP contribution in [0.2, 0.25) is 5.02 Å². The van der Waals surface area contributed by atoms with E-state index in [2.05, 4.69) is 15.9 Å². The maximum absolute atomic E-state index is 15.5. The highest BCUT2D eigenvalue weighted by molar-refractivity contribution is 6.38. The van der Waals surface area contributed by atoms with Crippen LogP contribution in [-0.4, -0.2) is 48.7 Å². The van der Waals surface area contributed by atoms with Gasteiger partial charge in [-0.05, 0) is 74.0 Å². The van der Waals surface area contributed by atoms with E-state index in [9.17, 15) is 4.79 Å². The Morgan fingerprint density at radius 1 is 0.850 bits per heavy atom. The highest BCUT2D eigenvalue weighted by Gasteiger charge is 2.26. The zero-order valence-corrected chi connectivity index (χ0v) is 22.7. The van der Waals surface area contributed by atoms with Gasteiger partial charge in [0.1, 0.15) is 11.6 Å². The molecule has 40 heavy (non-hydrogen) atoms. The second kappa shape index (κ2) is 10.9. The molecule has 2 saturated heterocycles. The largest absolute Gasteiger partial charge is 0.368 e. The summed E-state index contributed by atoms with van der Waals surface area (Å²) in [6.07, 6.45) is 3.82. The van der Waals surface area contributed by atoms with Crippen molar-refractivity contribution in [2.45, 2.75) is 19.4 Å².